The zero-order valence-corrected chi connectivity index (χ0v) is 28.4. The third-order valence-corrected chi connectivity index (χ3v) is 14.7. The van der Waals surface area contributed by atoms with E-state index in [1.165, 1.54) is 70.6 Å². The van der Waals surface area contributed by atoms with Crippen molar-refractivity contribution < 1.29 is 0 Å². The highest BCUT2D eigenvalue weighted by Crippen LogP contribution is 2.66. The molecule has 8 rings (SSSR count). The molecule has 0 spiro atoms. The second-order valence-electron chi connectivity index (χ2n) is 19.0. The molecule has 0 saturated heterocycles. The van der Waals surface area contributed by atoms with Crippen molar-refractivity contribution >= 4 is 11.6 Å². The summed E-state index contributed by atoms with van der Waals surface area (Å²) in [5.41, 5.74) is 3.51. The Bertz CT molecular complexity index is 730. The van der Waals surface area contributed by atoms with Gasteiger partial charge in [0.05, 0.1) is 0 Å². The van der Waals surface area contributed by atoms with E-state index in [1.54, 1.807) is 38.5 Å². The molecule has 222 valence electrons. The number of halogens is 1. The SMILES string of the molecule is CC(C)(C)C1(C)CCCCC1.CC(C)(C)C12CC3CC(CC(C3)C1)C2.CC(C)(C)C12CCC(Cl)(CC1)CC2. The molecule has 8 aliphatic rings. The van der Waals surface area contributed by atoms with Gasteiger partial charge in [0.25, 0.3) is 0 Å². The molecule has 6 bridgehead atoms. The maximum Gasteiger partial charge on any atom is 0.0447 e. The molecular formula is C37H67Cl. The Morgan fingerprint density at radius 1 is 0.474 bits per heavy atom. The van der Waals surface area contributed by atoms with Crippen molar-refractivity contribution in [1.82, 2.24) is 0 Å². The van der Waals surface area contributed by atoms with Gasteiger partial charge in [0.2, 0.25) is 0 Å². The Morgan fingerprint density at radius 3 is 1.13 bits per heavy atom. The van der Waals surface area contributed by atoms with Crippen LogP contribution >= 0.6 is 11.6 Å². The van der Waals surface area contributed by atoms with Crippen LogP contribution in [0.3, 0.4) is 0 Å². The minimum atomic E-state index is 0.201. The van der Waals surface area contributed by atoms with Gasteiger partial charge in [-0.3, -0.25) is 0 Å². The van der Waals surface area contributed by atoms with Crippen molar-refractivity contribution in [2.24, 2.45) is 50.2 Å². The van der Waals surface area contributed by atoms with Gasteiger partial charge in [0, 0.05) is 4.87 Å². The molecule has 0 amide bonds. The lowest BCUT2D eigenvalue weighted by Gasteiger charge is -2.62. The third kappa shape index (κ3) is 6.21. The summed E-state index contributed by atoms with van der Waals surface area (Å²) in [6.07, 6.45) is 24.5. The third-order valence-electron chi connectivity index (χ3n) is 14.1. The molecule has 0 unspecified atom stereocenters. The van der Waals surface area contributed by atoms with Gasteiger partial charge >= 0.3 is 0 Å². The fraction of sp³-hybridized carbons (Fsp3) is 1.00. The summed E-state index contributed by atoms with van der Waals surface area (Å²) >= 11 is 6.51. The van der Waals surface area contributed by atoms with Crippen molar-refractivity contribution in [3.63, 3.8) is 0 Å². The Balaban J connectivity index is 0.000000134. The first kappa shape index (κ1) is 31.2. The molecule has 0 aromatic carbocycles. The molecule has 8 aliphatic carbocycles. The largest absolute Gasteiger partial charge is 0.119 e. The summed E-state index contributed by atoms with van der Waals surface area (Å²) in [6, 6.07) is 0. The molecule has 8 saturated carbocycles. The Hall–Kier alpha value is 0.290. The van der Waals surface area contributed by atoms with Crippen LogP contribution in [-0.4, -0.2) is 4.87 Å². The van der Waals surface area contributed by atoms with Crippen LogP contribution in [-0.2, 0) is 0 Å². The van der Waals surface area contributed by atoms with Crippen molar-refractivity contribution in [2.75, 3.05) is 0 Å². The van der Waals surface area contributed by atoms with E-state index in [2.05, 4.69) is 69.2 Å². The van der Waals surface area contributed by atoms with Crippen LogP contribution < -0.4 is 0 Å². The molecule has 1 heteroatoms. The van der Waals surface area contributed by atoms with Gasteiger partial charge in [-0.25, -0.2) is 0 Å². The van der Waals surface area contributed by atoms with Crippen LogP contribution in [0.2, 0.25) is 0 Å². The Kier molecular flexibility index (Phi) is 8.65. The number of hydrogen-bond donors (Lipinski definition) is 0. The van der Waals surface area contributed by atoms with E-state index in [0.29, 0.717) is 27.1 Å². The first-order valence-corrected chi connectivity index (χ1v) is 17.4. The second-order valence-corrected chi connectivity index (χ2v) is 19.8. The number of hydrogen-bond acceptors (Lipinski definition) is 0. The molecule has 0 nitrogen and oxygen atoms in total. The smallest absolute Gasteiger partial charge is 0.0447 e. The highest BCUT2D eigenvalue weighted by molar-refractivity contribution is 6.24. The molecule has 0 aliphatic heterocycles. The van der Waals surface area contributed by atoms with Crippen LogP contribution in [0.5, 0.6) is 0 Å². The molecule has 0 N–H and O–H groups in total. The molecule has 0 aromatic rings. The van der Waals surface area contributed by atoms with Crippen LogP contribution in [0, 0.1) is 50.2 Å². The van der Waals surface area contributed by atoms with E-state index < -0.39 is 0 Å². The average Bonchev–Trinajstić information content (AvgIpc) is 2.78. The summed E-state index contributed by atoms with van der Waals surface area (Å²) < 4.78 is 0. The number of rotatable bonds is 0. The van der Waals surface area contributed by atoms with Gasteiger partial charge in [-0.1, -0.05) is 88.5 Å². The minimum absolute atomic E-state index is 0.201. The lowest BCUT2D eigenvalue weighted by molar-refractivity contribution is -0.113. The molecule has 0 atom stereocenters. The van der Waals surface area contributed by atoms with Gasteiger partial charge in [-0.15, -0.1) is 11.6 Å². The quantitative estimate of drug-likeness (QED) is 0.265. The second kappa shape index (κ2) is 10.5. The summed E-state index contributed by atoms with van der Waals surface area (Å²) in [4.78, 5) is 0.201. The molecule has 0 heterocycles. The van der Waals surface area contributed by atoms with Crippen LogP contribution in [0.15, 0.2) is 0 Å². The minimum Gasteiger partial charge on any atom is -0.119 e. The first-order valence-electron chi connectivity index (χ1n) is 17.0. The van der Waals surface area contributed by atoms with E-state index >= 15 is 0 Å². The van der Waals surface area contributed by atoms with Crippen molar-refractivity contribution in [3.8, 4) is 0 Å². The number of fused-ring (bicyclic) bond motifs is 3. The van der Waals surface area contributed by atoms with Gasteiger partial charge in [-0.2, -0.15) is 0 Å². The molecular weight excluding hydrogens is 480 g/mol. The molecule has 0 radical (unpaired) electrons. The monoisotopic (exact) mass is 546 g/mol. The van der Waals surface area contributed by atoms with Crippen LogP contribution in [0.25, 0.3) is 0 Å². The normalized spacial score (nSPS) is 41.6. The summed E-state index contributed by atoms with van der Waals surface area (Å²) in [5, 5.41) is 0. The predicted octanol–water partition coefficient (Wildman–Crippen LogP) is 12.6. The van der Waals surface area contributed by atoms with Gasteiger partial charge in [-0.05, 0) is 140 Å². The van der Waals surface area contributed by atoms with Crippen LogP contribution in [0.1, 0.15) is 178 Å². The van der Waals surface area contributed by atoms with Gasteiger partial charge < -0.3 is 0 Å². The topological polar surface area (TPSA) is 0 Å². The highest BCUT2D eigenvalue weighted by Gasteiger charge is 2.55. The fourth-order valence-electron chi connectivity index (χ4n) is 10.4. The van der Waals surface area contributed by atoms with E-state index in [1.807, 2.05) is 0 Å². The zero-order valence-electron chi connectivity index (χ0n) is 27.6. The Labute approximate surface area is 244 Å². The average molecular weight is 547 g/mol. The lowest BCUT2D eigenvalue weighted by atomic mass is 9.43. The summed E-state index contributed by atoms with van der Waals surface area (Å²) in [7, 11) is 0. The predicted molar refractivity (Wildman–Crippen MR) is 169 cm³/mol. The van der Waals surface area contributed by atoms with Gasteiger partial charge in [0.15, 0.2) is 0 Å². The van der Waals surface area contributed by atoms with E-state index in [4.69, 9.17) is 11.6 Å². The Morgan fingerprint density at radius 2 is 0.842 bits per heavy atom. The summed E-state index contributed by atoms with van der Waals surface area (Å²) in [5.74, 6) is 3.33. The van der Waals surface area contributed by atoms with Crippen molar-refractivity contribution in [1.29, 1.82) is 0 Å². The van der Waals surface area contributed by atoms with Crippen molar-refractivity contribution in [2.45, 2.75) is 183 Å². The van der Waals surface area contributed by atoms with Gasteiger partial charge in [0.1, 0.15) is 0 Å². The standard InChI is InChI=1S/C14H24.C12H21Cl.C11H22/c1-13(2,3)14-7-10-4-11(8-14)6-12(5-10)9-14;1-10(2,3)11-4-7-12(13,8-5-11)9-6-11;1-10(2,3)11(4)8-6-5-7-9-11/h10-12H,4-9H2,1-3H3;4-9H2,1-3H3;5-9H2,1-4H3. The molecule has 38 heavy (non-hydrogen) atoms. The van der Waals surface area contributed by atoms with E-state index in [0.717, 1.165) is 23.2 Å². The highest BCUT2D eigenvalue weighted by atomic mass is 35.5. The van der Waals surface area contributed by atoms with Crippen LogP contribution in [0.4, 0.5) is 0 Å². The number of alkyl halides is 1. The van der Waals surface area contributed by atoms with E-state index in [9.17, 15) is 0 Å². The fourth-order valence-corrected chi connectivity index (χ4v) is 10.7. The summed E-state index contributed by atoms with van der Waals surface area (Å²) in [6.45, 7) is 24.3. The molecule has 0 aromatic heterocycles. The molecule has 8 fully saturated rings. The zero-order chi connectivity index (χ0) is 28.3. The van der Waals surface area contributed by atoms with E-state index in [-0.39, 0.29) is 4.87 Å². The van der Waals surface area contributed by atoms with Crippen molar-refractivity contribution in [3.05, 3.63) is 0 Å². The maximum atomic E-state index is 6.51. The first-order chi connectivity index (χ1) is 17.3. The lowest BCUT2D eigenvalue weighted by Crippen LogP contribution is -2.51. The maximum absolute atomic E-state index is 6.51.